The van der Waals surface area contributed by atoms with Gasteiger partial charge >= 0.3 is 0 Å². The number of fused-ring (bicyclic) bond motifs is 9. The van der Waals surface area contributed by atoms with Crippen LogP contribution < -0.4 is 0 Å². The Kier molecular flexibility index (Phi) is 7.23. The van der Waals surface area contributed by atoms with E-state index in [1.54, 1.807) is 0 Å². The van der Waals surface area contributed by atoms with Gasteiger partial charge in [-0.3, -0.25) is 0 Å². The molecule has 0 fully saturated rings. The summed E-state index contributed by atoms with van der Waals surface area (Å²) >= 11 is 0. The van der Waals surface area contributed by atoms with E-state index in [1.165, 1.54) is 70.8 Å². The van der Waals surface area contributed by atoms with Gasteiger partial charge in [0.25, 0.3) is 0 Å². The number of pyridine rings is 1. The average Bonchev–Trinajstić information content (AvgIpc) is 3.82. The van der Waals surface area contributed by atoms with Crippen molar-refractivity contribution in [2.45, 2.75) is 0 Å². The molecule has 0 aliphatic rings. The smallest absolute Gasteiger partial charge is 0.0715 e. The van der Waals surface area contributed by atoms with Crippen molar-refractivity contribution in [1.29, 1.82) is 0 Å². The van der Waals surface area contributed by atoms with Gasteiger partial charge in [0.1, 0.15) is 0 Å². The van der Waals surface area contributed by atoms with Crippen molar-refractivity contribution in [2.24, 2.45) is 0 Å². The first kappa shape index (κ1) is 32.5. The van der Waals surface area contributed by atoms with Crippen LogP contribution in [-0.4, -0.2) is 14.1 Å². The van der Waals surface area contributed by atoms with Crippen LogP contribution in [0.3, 0.4) is 0 Å². The standard InChI is InChI=1S/C55H35N3/c1-2-16-38(17-3-1)48-34-42(35-49(56-48)41-29-28-36-14-4-5-18-39(36)32-41)40-20-12-21-43(33-40)57-51-25-10-8-23-45(51)46-30-31-53-54(55(46)57)47-24-9-11-26-52(47)58(53)50-27-13-19-37-15-6-7-22-44(37)50/h1-35H. The number of benzene rings is 9. The molecule has 0 aliphatic heterocycles. The number of nitrogens with zero attached hydrogens (tertiary/aromatic N) is 3. The molecular formula is C55H35N3. The summed E-state index contributed by atoms with van der Waals surface area (Å²) in [6, 6.07) is 76.9. The summed E-state index contributed by atoms with van der Waals surface area (Å²) in [6.07, 6.45) is 0. The fourth-order valence-electron chi connectivity index (χ4n) is 9.21. The molecule has 0 saturated heterocycles. The van der Waals surface area contributed by atoms with Crippen molar-refractivity contribution in [3.63, 3.8) is 0 Å². The Morgan fingerprint density at radius 3 is 1.79 bits per heavy atom. The third kappa shape index (κ3) is 5.04. The first-order valence-electron chi connectivity index (χ1n) is 19.9. The molecular weight excluding hydrogens is 703 g/mol. The van der Waals surface area contributed by atoms with Gasteiger partial charge in [-0.1, -0.05) is 158 Å². The van der Waals surface area contributed by atoms with Crippen LogP contribution in [0.4, 0.5) is 0 Å². The van der Waals surface area contributed by atoms with E-state index in [0.717, 1.165) is 39.3 Å². The molecule has 0 bridgehead atoms. The Hall–Kier alpha value is -7.75. The molecule has 270 valence electrons. The molecule has 3 nitrogen and oxygen atoms in total. The molecule has 0 saturated carbocycles. The van der Waals surface area contributed by atoms with Crippen molar-refractivity contribution in [3.05, 3.63) is 212 Å². The van der Waals surface area contributed by atoms with Gasteiger partial charge in [-0.25, -0.2) is 4.98 Å². The van der Waals surface area contributed by atoms with E-state index in [1.807, 2.05) is 0 Å². The van der Waals surface area contributed by atoms with Gasteiger partial charge in [0.05, 0.1) is 39.1 Å². The molecule has 3 aromatic heterocycles. The van der Waals surface area contributed by atoms with E-state index >= 15 is 0 Å². The zero-order valence-electron chi connectivity index (χ0n) is 31.5. The fraction of sp³-hybridized carbons (Fsp3) is 0. The zero-order valence-corrected chi connectivity index (χ0v) is 31.5. The highest BCUT2D eigenvalue weighted by Gasteiger charge is 2.22. The minimum atomic E-state index is 0.950. The van der Waals surface area contributed by atoms with Crippen molar-refractivity contribution in [1.82, 2.24) is 14.1 Å². The first-order valence-corrected chi connectivity index (χ1v) is 19.9. The number of para-hydroxylation sites is 2. The Balaban J connectivity index is 1.12. The maximum Gasteiger partial charge on any atom is 0.0715 e. The molecule has 12 aromatic rings. The lowest BCUT2D eigenvalue weighted by atomic mass is 9.98. The summed E-state index contributed by atoms with van der Waals surface area (Å²) in [5, 5.41) is 9.84. The average molecular weight is 738 g/mol. The first-order chi connectivity index (χ1) is 28.8. The predicted octanol–water partition coefficient (Wildman–Crippen LogP) is 14.6. The maximum absolute atomic E-state index is 5.26. The molecule has 0 atom stereocenters. The van der Waals surface area contributed by atoms with Crippen LogP contribution >= 0.6 is 0 Å². The summed E-state index contributed by atoms with van der Waals surface area (Å²) in [5.74, 6) is 0. The summed E-state index contributed by atoms with van der Waals surface area (Å²) < 4.78 is 4.95. The molecule has 9 aromatic carbocycles. The highest BCUT2D eigenvalue weighted by Crippen LogP contribution is 2.43. The minimum Gasteiger partial charge on any atom is -0.309 e. The monoisotopic (exact) mass is 737 g/mol. The molecule has 12 rings (SSSR count). The highest BCUT2D eigenvalue weighted by molar-refractivity contribution is 6.26. The third-order valence-corrected chi connectivity index (χ3v) is 11.9. The topological polar surface area (TPSA) is 22.8 Å². The van der Waals surface area contributed by atoms with Crippen LogP contribution in [0.15, 0.2) is 212 Å². The van der Waals surface area contributed by atoms with Crippen LogP contribution in [-0.2, 0) is 0 Å². The predicted molar refractivity (Wildman–Crippen MR) is 244 cm³/mol. The highest BCUT2D eigenvalue weighted by atomic mass is 15.0. The number of rotatable bonds is 5. The minimum absolute atomic E-state index is 0.950. The van der Waals surface area contributed by atoms with E-state index < -0.39 is 0 Å². The molecule has 0 N–H and O–H groups in total. The lowest BCUT2D eigenvalue weighted by Crippen LogP contribution is -1.97. The normalized spacial score (nSPS) is 11.8. The summed E-state index contributed by atoms with van der Waals surface area (Å²) in [7, 11) is 0. The Morgan fingerprint density at radius 2 is 0.948 bits per heavy atom. The summed E-state index contributed by atoms with van der Waals surface area (Å²) in [4.78, 5) is 5.26. The van der Waals surface area contributed by atoms with Crippen molar-refractivity contribution in [2.75, 3.05) is 0 Å². The van der Waals surface area contributed by atoms with E-state index in [4.69, 9.17) is 4.98 Å². The molecule has 0 spiro atoms. The Bertz CT molecular complexity index is 3570. The SMILES string of the molecule is c1ccc(-c2cc(-c3cccc(-n4c5ccccc5c5ccc6c(c7ccccc7n6-c6cccc7ccccc67)c54)c3)cc(-c3ccc4ccccc4c3)n2)cc1. The Morgan fingerprint density at radius 1 is 0.310 bits per heavy atom. The van der Waals surface area contributed by atoms with Crippen molar-refractivity contribution in [3.8, 4) is 45.0 Å². The van der Waals surface area contributed by atoms with Gasteiger partial charge in [0, 0.05) is 43.7 Å². The maximum atomic E-state index is 5.26. The van der Waals surface area contributed by atoms with Gasteiger partial charge in [-0.15, -0.1) is 0 Å². The molecule has 58 heavy (non-hydrogen) atoms. The van der Waals surface area contributed by atoms with E-state index in [0.29, 0.717) is 0 Å². The van der Waals surface area contributed by atoms with Gasteiger partial charge < -0.3 is 9.13 Å². The quantitative estimate of drug-likeness (QED) is 0.172. The van der Waals surface area contributed by atoms with Crippen LogP contribution in [0, 0.1) is 0 Å². The second kappa shape index (κ2) is 12.9. The molecule has 0 radical (unpaired) electrons. The summed E-state index contributed by atoms with van der Waals surface area (Å²) in [5.41, 5.74) is 13.4. The summed E-state index contributed by atoms with van der Waals surface area (Å²) in [6.45, 7) is 0. The van der Waals surface area contributed by atoms with Crippen LogP contribution in [0.1, 0.15) is 0 Å². The second-order valence-electron chi connectivity index (χ2n) is 15.2. The fourth-order valence-corrected chi connectivity index (χ4v) is 9.21. The second-order valence-corrected chi connectivity index (χ2v) is 15.2. The number of aromatic nitrogens is 3. The van der Waals surface area contributed by atoms with E-state index in [-0.39, 0.29) is 0 Å². The number of hydrogen-bond donors (Lipinski definition) is 0. The molecule has 0 unspecified atom stereocenters. The van der Waals surface area contributed by atoms with E-state index in [2.05, 4.69) is 221 Å². The third-order valence-electron chi connectivity index (χ3n) is 11.9. The van der Waals surface area contributed by atoms with Gasteiger partial charge in [0.2, 0.25) is 0 Å². The lowest BCUT2D eigenvalue weighted by molar-refractivity contribution is 1.18. The van der Waals surface area contributed by atoms with Crippen LogP contribution in [0.2, 0.25) is 0 Å². The van der Waals surface area contributed by atoms with Crippen molar-refractivity contribution < 1.29 is 0 Å². The zero-order chi connectivity index (χ0) is 38.2. The van der Waals surface area contributed by atoms with Gasteiger partial charge in [-0.2, -0.15) is 0 Å². The largest absolute Gasteiger partial charge is 0.309 e. The molecule has 0 amide bonds. The van der Waals surface area contributed by atoms with E-state index in [9.17, 15) is 0 Å². The number of hydrogen-bond acceptors (Lipinski definition) is 1. The van der Waals surface area contributed by atoms with Crippen molar-refractivity contribution >= 4 is 65.2 Å². The van der Waals surface area contributed by atoms with Crippen LogP contribution in [0.5, 0.6) is 0 Å². The molecule has 3 heterocycles. The molecule has 3 heteroatoms. The van der Waals surface area contributed by atoms with Crippen LogP contribution in [0.25, 0.3) is 110 Å². The van der Waals surface area contributed by atoms with Gasteiger partial charge in [0.15, 0.2) is 0 Å². The van der Waals surface area contributed by atoms with Gasteiger partial charge in [-0.05, 0) is 81.9 Å². The lowest BCUT2D eigenvalue weighted by Gasteiger charge is -2.14. The Labute approximate surface area is 335 Å². The molecule has 0 aliphatic carbocycles.